The Morgan fingerprint density at radius 1 is 1.15 bits per heavy atom. The van der Waals surface area contributed by atoms with Gasteiger partial charge in [-0.15, -0.1) is 11.3 Å². The first-order valence-electron chi connectivity index (χ1n) is 8.30. The van der Waals surface area contributed by atoms with Crippen LogP contribution in [-0.4, -0.2) is 28.5 Å². The van der Waals surface area contributed by atoms with Crippen molar-refractivity contribution in [1.82, 2.24) is 9.97 Å². The molecule has 0 saturated heterocycles. The van der Waals surface area contributed by atoms with E-state index in [0.29, 0.717) is 13.1 Å². The van der Waals surface area contributed by atoms with E-state index in [0.717, 1.165) is 17.7 Å². The summed E-state index contributed by atoms with van der Waals surface area (Å²) in [5, 5.41) is 19.6. The number of thiophene rings is 1. The van der Waals surface area contributed by atoms with Gasteiger partial charge in [-0.3, -0.25) is 10.1 Å². The number of aromatic nitrogens is 2. The van der Waals surface area contributed by atoms with E-state index in [-0.39, 0.29) is 17.3 Å². The lowest BCUT2D eigenvalue weighted by molar-refractivity contribution is -0.383. The molecule has 0 atom stereocenters. The number of hydrogen-bond donors (Lipinski definition) is 2. The molecular formula is C18H19N5O3S. The number of rotatable bonds is 9. The van der Waals surface area contributed by atoms with Crippen molar-refractivity contribution in [3.05, 3.63) is 68.7 Å². The van der Waals surface area contributed by atoms with Gasteiger partial charge < -0.3 is 15.4 Å². The molecule has 2 heterocycles. The molecule has 0 fully saturated rings. The molecule has 0 bridgehead atoms. The van der Waals surface area contributed by atoms with Crippen LogP contribution in [0.1, 0.15) is 10.4 Å². The maximum Gasteiger partial charge on any atom is 0.353 e. The number of benzene rings is 1. The second-order valence-electron chi connectivity index (χ2n) is 5.63. The molecule has 0 aliphatic heterocycles. The SMILES string of the molecule is COc1ccc(CNc2ncnc(NCCc3cccs3)c2[N+](=O)[O-])cc1. The molecular weight excluding hydrogens is 366 g/mol. The normalized spacial score (nSPS) is 10.4. The van der Waals surface area contributed by atoms with Crippen molar-refractivity contribution in [3.63, 3.8) is 0 Å². The molecule has 2 aromatic heterocycles. The predicted octanol–water partition coefficient (Wildman–Crippen LogP) is 3.72. The maximum atomic E-state index is 11.6. The molecule has 0 amide bonds. The lowest BCUT2D eigenvalue weighted by Crippen LogP contribution is -2.11. The largest absolute Gasteiger partial charge is 0.497 e. The summed E-state index contributed by atoms with van der Waals surface area (Å²) in [7, 11) is 1.60. The highest BCUT2D eigenvalue weighted by Crippen LogP contribution is 2.29. The first-order chi connectivity index (χ1) is 13.2. The van der Waals surface area contributed by atoms with Crippen LogP contribution in [0.3, 0.4) is 0 Å². The van der Waals surface area contributed by atoms with Gasteiger partial charge in [0.15, 0.2) is 0 Å². The Hall–Kier alpha value is -3.20. The summed E-state index contributed by atoms with van der Waals surface area (Å²) in [6.07, 6.45) is 2.09. The Balaban J connectivity index is 1.69. The number of anilines is 2. The van der Waals surface area contributed by atoms with Gasteiger partial charge >= 0.3 is 5.69 Å². The molecule has 27 heavy (non-hydrogen) atoms. The van der Waals surface area contributed by atoms with Gasteiger partial charge in [-0.25, -0.2) is 9.97 Å². The molecule has 0 unspecified atom stereocenters. The quantitative estimate of drug-likeness (QED) is 0.427. The van der Waals surface area contributed by atoms with Crippen LogP contribution in [0.4, 0.5) is 17.3 Å². The van der Waals surface area contributed by atoms with Gasteiger partial charge in [0, 0.05) is 18.0 Å². The minimum absolute atomic E-state index is 0.155. The highest BCUT2D eigenvalue weighted by atomic mass is 32.1. The molecule has 0 spiro atoms. The number of ether oxygens (including phenoxy) is 1. The number of methoxy groups -OCH3 is 1. The van der Waals surface area contributed by atoms with Crippen LogP contribution < -0.4 is 15.4 Å². The van der Waals surface area contributed by atoms with E-state index in [1.54, 1.807) is 18.4 Å². The van der Waals surface area contributed by atoms with Gasteiger partial charge in [-0.2, -0.15) is 0 Å². The summed E-state index contributed by atoms with van der Waals surface area (Å²) in [5.74, 6) is 1.15. The van der Waals surface area contributed by atoms with Crippen LogP contribution in [0.25, 0.3) is 0 Å². The molecule has 2 N–H and O–H groups in total. The van der Waals surface area contributed by atoms with Gasteiger partial charge in [0.2, 0.25) is 11.6 Å². The van der Waals surface area contributed by atoms with Gasteiger partial charge in [0.1, 0.15) is 12.1 Å². The van der Waals surface area contributed by atoms with E-state index in [4.69, 9.17) is 4.74 Å². The third-order valence-electron chi connectivity index (χ3n) is 3.87. The van der Waals surface area contributed by atoms with E-state index >= 15 is 0 Å². The van der Waals surface area contributed by atoms with Crippen LogP contribution in [0.2, 0.25) is 0 Å². The maximum absolute atomic E-state index is 11.6. The second-order valence-corrected chi connectivity index (χ2v) is 6.67. The Morgan fingerprint density at radius 2 is 1.89 bits per heavy atom. The average molecular weight is 385 g/mol. The average Bonchev–Trinajstić information content (AvgIpc) is 3.20. The number of nitrogens with one attached hydrogen (secondary N) is 2. The molecule has 8 nitrogen and oxygen atoms in total. The van der Waals surface area contributed by atoms with Crippen molar-refractivity contribution in [1.29, 1.82) is 0 Å². The second kappa shape index (κ2) is 8.95. The van der Waals surface area contributed by atoms with Crippen molar-refractivity contribution < 1.29 is 9.66 Å². The van der Waals surface area contributed by atoms with Crippen LogP contribution >= 0.6 is 11.3 Å². The Labute approximate surface area is 160 Å². The van der Waals surface area contributed by atoms with E-state index in [1.165, 1.54) is 11.2 Å². The van der Waals surface area contributed by atoms with Crippen LogP contribution in [0.5, 0.6) is 5.75 Å². The Morgan fingerprint density at radius 3 is 2.52 bits per heavy atom. The van der Waals surface area contributed by atoms with Crippen LogP contribution in [0, 0.1) is 10.1 Å². The van der Waals surface area contributed by atoms with E-state index < -0.39 is 4.92 Å². The molecule has 0 saturated carbocycles. The predicted molar refractivity (Wildman–Crippen MR) is 106 cm³/mol. The summed E-state index contributed by atoms with van der Waals surface area (Å²) < 4.78 is 5.12. The van der Waals surface area contributed by atoms with Gasteiger partial charge in [-0.05, 0) is 35.6 Å². The molecule has 140 valence electrons. The van der Waals surface area contributed by atoms with Gasteiger partial charge in [-0.1, -0.05) is 18.2 Å². The van der Waals surface area contributed by atoms with E-state index in [9.17, 15) is 10.1 Å². The Kier molecular flexibility index (Phi) is 6.16. The van der Waals surface area contributed by atoms with Crippen molar-refractivity contribution in [2.75, 3.05) is 24.3 Å². The molecule has 0 aliphatic rings. The summed E-state index contributed by atoms with van der Waals surface area (Å²) >= 11 is 1.65. The fraction of sp³-hybridized carbons (Fsp3) is 0.222. The summed E-state index contributed by atoms with van der Waals surface area (Å²) in [6, 6.07) is 11.5. The minimum Gasteiger partial charge on any atom is -0.497 e. The molecule has 9 heteroatoms. The first kappa shape index (κ1) is 18.6. The Bertz CT molecular complexity index is 885. The highest BCUT2D eigenvalue weighted by molar-refractivity contribution is 7.09. The third-order valence-corrected chi connectivity index (χ3v) is 4.80. The number of nitrogens with zero attached hydrogens (tertiary/aromatic N) is 3. The topological polar surface area (TPSA) is 102 Å². The standard InChI is InChI=1S/C18H19N5O3S/c1-26-14-6-4-13(5-7-14)11-20-18-16(23(24)25)17(21-12-22-18)19-9-8-15-3-2-10-27-15/h2-7,10,12H,8-9,11H2,1H3,(H2,19,20,21,22). The summed E-state index contributed by atoms with van der Waals surface area (Å²) in [4.78, 5) is 20.4. The lowest BCUT2D eigenvalue weighted by Gasteiger charge is -2.10. The molecule has 0 aliphatic carbocycles. The molecule has 3 rings (SSSR count). The van der Waals surface area contributed by atoms with Crippen molar-refractivity contribution in [2.24, 2.45) is 0 Å². The summed E-state index contributed by atoms with van der Waals surface area (Å²) in [5.41, 5.74) is 0.799. The minimum atomic E-state index is -0.468. The first-order valence-corrected chi connectivity index (χ1v) is 9.18. The fourth-order valence-corrected chi connectivity index (χ4v) is 3.21. The van der Waals surface area contributed by atoms with E-state index in [1.807, 2.05) is 41.8 Å². The van der Waals surface area contributed by atoms with Crippen molar-refractivity contribution >= 4 is 28.7 Å². The molecule has 3 aromatic rings. The molecule has 0 radical (unpaired) electrons. The van der Waals surface area contributed by atoms with Crippen LogP contribution in [-0.2, 0) is 13.0 Å². The van der Waals surface area contributed by atoms with Crippen molar-refractivity contribution in [2.45, 2.75) is 13.0 Å². The van der Waals surface area contributed by atoms with Crippen LogP contribution in [0.15, 0.2) is 48.1 Å². The van der Waals surface area contributed by atoms with Crippen molar-refractivity contribution in [3.8, 4) is 5.75 Å². The highest BCUT2D eigenvalue weighted by Gasteiger charge is 2.22. The molecule has 1 aromatic carbocycles. The zero-order valence-electron chi connectivity index (χ0n) is 14.7. The lowest BCUT2D eigenvalue weighted by atomic mass is 10.2. The monoisotopic (exact) mass is 385 g/mol. The smallest absolute Gasteiger partial charge is 0.353 e. The number of hydrogen-bond acceptors (Lipinski definition) is 8. The van der Waals surface area contributed by atoms with Gasteiger partial charge in [0.05, 0.1) is 12.0 Å². The number of nitro groups is 1. The van der Waals surface area contributed by atoms with E-state index in [2.05, 4.69) is 20.6 Å². The zero-order chi connectivity index (χ0) is 19.1. The zero-order valence-corrected chi connectivity index (χ0v) is 15.5. The third kappa shape index (κ3) is 4.91. The summed E-state index contributed by atoms with van der Waals surface area (Å²) in [6.45, 7) is 0.951. The van der Waals surface area contributed by atoms with Gasteiger partial charge in [0.25, 0.3) is 0 Å². The fourth-order valence-electron chi connectivity index (χ4n) is 2.50.